The molecule has 3 aromatic rings. The highest BCUT2D eigenvalue weighted by Gasteiger charge is 2.05. The van der Waals surface area contributed by atoms with Crippen molar-refractivity contribution in [2.24, 2.45) is 0 Å². The molecule has 0 radical (unpaired) electrons. The zero-order valence-electron chi connectivity index (χ0n) is 14.3. The predicted octanol–water partition coefficient (Wildman–Crippen LogP) is 5.28. The van der Waals surface area contributed by atoms with Crippen molar-refractivity contribution in [1.82, 2.24) is 4.98 Å². The van der Waals surface area contributed by atoms with Gasteiger partial charge in [-0.3, -0.25) is 0 Å². The van der Waals surface area contributed by atoms with E-state index in [1.54, 1.807) is 18.4 Å². The van der Waals surface area contributed by atoms with Crippen molar-refractivity contribution in [3.63, 3.8) is 0 Å². The van der Waals surface area contributed by atoms with E-state index in [1.807, 2.05) is 38.4 Å². The maximum absolute atomic E-state index is 5.47. The summed E-state index contributed by atoms with van der Waals surface area (Å²) in [7, 11) is 5.69. The van der Waals surface area contributed by atoms with E-state index < -0.39 is 0 Å². The number of nitrogens with zero attached hydrogens (tertiary/aromatic N) is 2. The minimum absolute atomic E-state index is 0.231. The lowest BCUT2D eigenvalue weighted by Gasteiger charge is -2.11. The van der Waals surface area contributed by atoms with Gasteiger partial charge in [-0.1, -0.05) is 12.1 Å². The summed E-state index contributed by atoms with van der Waals surface area (Å²) in [6.45, 7) is 0.231. The van der Waals surface area contributed by atoms with Crippen LogP contribution in [0.1, 0.15) is 10.6 Å². The summed E-state index contributed by atoms with van der Waals surface area (Å²) in [6, 6.07) is 12.3. The summed E-state index contributed by atoms with van der Waals surface area (Å²) in [5, 5.41) is 0.988. The molecular weight excluding hydrogens is 400 g/mol. The van der Waals surface area contributed by atoms with Gasteiger partial charge >= 0.3 is 0 Å². The molecule has 0 N–H and O–H groups in total. The highest BCUT2D eigenvalue weighted by molar-refractivity contribution is 9.10. The molecule has 6 heteroatoms. The predicted molar refractivity (Wildman–Crippen MR) is 110 cm³/mol. The van der Waals surface area contributed by atoms with E-state index in [-0.39, 0.29) is 6.79 Å². The van der Waals surface area contributed by atoms with Crippen LogP contribution in [0.5, 0.6) is 5.75 Å². The fourth-order valence-electron chi connectivity index (χ4n) is 2.31. The van der Waals surface area contributed by atoms with Crippen LogP contribution < -0.4 is 9.64 Å². The Morgan fingerprint density at radius 2 is 2.00 bits per heavy atom. The molecule has 4 nitrogen and oxygen atoms in total. The first-order valence-corrected chi connectivity index (χ1v) is 9.35. The Morgan fingerprint density at radius 3 is 2.72 bits per heavy atom. The van der Waals surface area contributed by atoms with E-state index >= 15 is 0 Å². The van der Waals surface area contributed by atoms with Crippen molar-refractivity contribution in [2.75, 3.05) is 32.9 Å². The van der Waals surface area contributed by atoms with E-state index in [1.165, 1.54) is 10.4 Å². The molecule has 2 aromatic carbocycles. The largest absolute Gasteiger partial charge is 0.466 e. The van der Waals surface area contributed by atoms with Gasteiger partial charge in [-0.25, -0.2) is 4.98 Å². The molecule has 0 fully saturated rings. The smallest absolute Gasteiger partial charge is 0.188 e. The standard InChI is InChI=1S/C19H19BrN2O2S/c1-22(2)14-6-7-16-18(11-14)25-19(21-16)9-5-13-4-8-17(15(20)10-13)24-12-23-3/h4-11H,12H2,1-3H3/b9-5+. The number of methoxy groups -OCH3 is 1. The number of hydrogen-bond acceptors (Lipinski definition) is 5. The SMILES string of the molecule is COCOc1ccc(/C=C/c2nc3ccc(N(C)C)cc3s2)cc1Br. The number of halogens is 1. The van der Waals surface area contributed by atoms with Gasteiger partial charge in [0, 0.05) is 26.9 Å². The minimum atomic E-state index is 0.231. The second-order valence-corrected chi connectivity index (χ2v) is 7.59. The van der Waals surface area contributed by atoms with Crippen molar-refractivity contribution in [3.05, 3.63) is 51.4 Å². The number of ether oxygens (including phenoxy) is 2. The average molecular weight is 419 g/mol. The first-order valence-electron chi connectivity index (χ1n) is 7.74. The van der Waals surface area contributed by atoms with Crippen molar-refractivity contribution < 1.29 is 9.47 Å². The third kappa shape index (κ3) is 4.39. The van der Waals surface area contributed by atoms with E-state index in [2.05, 4.69) is 50.1 Å². The van der Waals surface area contributed by atoms with Crippen molar-refractivity contribution >= 4 is 55.3 Å². The molecular formula is C19H19BrN2O2S. The van der Waals surface area contributed by atoms with Crippen LogP contribution in [-0.2, 0) is 4.74 Å². The summed E-state index contributed by atoms with van der Waals surface area (Å²) >= 11 is 5.21. The molecule has 0 saturated heterocycles. The zero-order valence-corrected chi connectivity index (χ0v) is 16.7. The monoisotopic (exact) mass is 418 g/mol. The Kier molecular flexibility index (Phi) is 5.73. The molecule has 0 unspecified atom stereocenters. The van der Waals surface area contributed by atoms with Gasteiger partial charge in [0.25, 0.3) is 0 Å². The molecule has 0 spiro atoms. The molecule has 130 valence electrons. The summed E-state index contributed by atoms with van der Waals surface area (Å²) in [5.41, 5.74) is 3.28. The van der Waals surface area contributed by atoms with Crippen LogP contribution in [0, 0.1) is 0 Å². The van der Waals surface area contributed by atoms with Gasteiger partial charge in [0.1, 0.15) is 10.8 Å². The Bertz CT molecular complexity index is 906. The molecule has 0 bridgehead atoms. The van der Waals surface area contributed by atoms with Gasteiger partial charge in [-0.15, -0.1) is 11.3 Å². The van der Waals surface area contributed by atoms with Gasteiger partial charge in [-0.05, 0) is 57.9 Å². The summed E-state index contributed by atoms with van der Waals surface area (Å²) in [4.78, 5) is 6.77. The van der Waals surface area contributed by atoms with Gasteiger partial charge in [-0.2, -0.15) is 0 Å². The van der Waals surface area contributed by atoms with Crippen LogP contribution in [0.15, 0.2) is 40.9 Å². The Hall–Kier alpha value is -1.89. The number of fused-ring (bicyclic) bond motifs is 1. The lowest BCUT2D eigenvalue weighted by Crippen LogP contribution is -2.07. The maximum Gasteiger partial charge on any atom is 0.188 e. The highest BCUT2D eigenvalue weighted by Crippen LogP contribution is 2.29. The maximum atomic E-state index is 5.47. The number of thiazole rings is 1. The lowest BCUT2D eigenvalue weighted by atomic mass is 10.2. The number of anilines is 1. The van der Waals surface area contributed by atoms with Crippen LogP contribution in [-0.4, -0.2) is 33.0 Å². The van der Waals surface area contributed by atoms with Crippen LogP contribution in [0.4, 0.5) is 5.69 Å². The average Bonchev–Trinajstić information content (AvgIpc) is 3.01. The van der Waals surface area contributed by atoms with Crippen molar-refractivity contribution in [1.29, 1.82) is 0 Å². The van der Waals surface area contributed by atoms with Gasteiger partial charge in [0.05, 0.1) is 14.7 Å². The molecule has 25 heavy (non-hydrogen) atoms. The van der Waals surface area contributed by atoms with Crippen LogP contribution >= 0.6 is 27.3 Å². The van der Waals surface area contributed by atoms with E-state index in [0.717, 1.165) is 26.3 Å². The summed E-state index contributed by atoms with van der Waals surface area (Å²) < 4.78 is 12.5. The fourth-order valence-corrected chi connectivity index (χ4v) is 3.72. The number of benzene rings is 2. The van der Waals surface area contributed by atoms with Crippen LogP contribution in [0.2, 0.25) is 0 Å². The molecule has 3 rings (SSSR count). The molecule has 1 aromatic heterocycles. The second kappa shape index (κ2) is 7.99. The van der Waals surface area contributed by atoms with E-state index in [9.17, 15) is 0 Å². The second-order valence-electron chi connectivity index (χ2n) is 5.67. The zero-order chi connectivity index (χ0) is 17.8. The van der Waals surface area contributed by atoms with Gasteiger partial charge in [0.15, 0.2) is 6.79 Å². The van der Waals surface area contributed by atoms with E-state index in [4.69, 9.17) is 9.47 Å². The number of hydrogen-bond donors (Lipinski definition) is 0. The molecule has 0 amide bonds. The lowest BCUT2D eigenvalue weighted by molar-refractivity contribution is 0.0506. The minimum Gasteiger partial charge on any atom is -0.466 e. The van der Waals surface area contributed by atoms with Gasteiger partial charge < -0.3 is 14.4 Å². The number of rotatable bonds is 6. The quantitative estimate of drug-likeness (QED) is 0.510. The normalized spacial score (nSPS) is 11.4. The van der Waals surface area contributed by atoms with E-state index in [0.29, 0.717) is 0 Å². The van der Waals surface area contributed by atoms with Crippen molar-refractivity contribution in [2.45, 2.75) is 0 Å². The summed E-state index contributed by atoms with van der Waals surface area (Å²) in [6.07, 6.45) is 4.09. The molecule has 0 aliphatic heterocycles. The third-order valence-electron chi connectivity index (χ3n) is 3.61. The first kappa shape index (κ1) is 17.9. The fraction of sp³-hybridized carbons (Fsp3) is 0.211. The van der Waals surface area contributed by atoms with Gasteiger partial charge in [0.2, 0.25) is 0 Å². The molecule has 1 heterocycles. The third-order valence-corrected chi connectivity index (χ3v) is 5.21. The first-order chi connectivity index (χ1) is 12.1. The van der Waals surface area contributed by atoms with Crippen LogP contribution in [0.25, 0.3) is 22.4 Å². The van der Waals surface area contributed by atoms with Crippen LogP contribution in [0.3, 0.4) is 0 Å². The topological polar surface area (TPSA) is 34.6 Å². The molecule has 0 aliphatic carbocycles. The molecule has 0 aliphatic rings. The molecule has 0 atom stereocenters. The van der Waals surface area contributed by atoms with Crippen molar-refractivity contribution in [3.8, 4) is 5.75 Å². The highest BCUT2D eigenvalue weighted by atomic mass is 79.9. The summed E-state index contributed by atoms with van der Waals surface area (Å²) in [5.74, 6) is 0.759. The Morgan fingerprint density at radius 1 is 1.16 bits per heavy atom. The Balaban J connectivity index is 1.79. The molecule has 0 saturated carbocycles. The number of aromatic nitrogens is 1. The Labute approximate surface area is 159 Å².